The lowest BCUT2D eigenvalue weighted by Crippen LogP contribution is -2.33. The van der Waals surface area contributed by atoms with E-state index in [1.165, 1.54) is 24.9 Å². The summed E-state index contributed by atoms with van der Waals surface area (Å²) in [5, 5.41) is 0. The Bertz CT molecular complexity index is 323. The van der Waals surface area contributed by atoms with Crippen LogP contribution in [-0.4, -0.2) is 17.6 Å². The second-order valence-electron chi connectivity index (χ2n) is 4.67. The van der Waals surface area contributed by atoms with Crippen molar-refractivity contribution in [2.24, 2.45) is 5.73 Å². The number of rotatable bonds is 7. The SMILES string of the molecule is CCCCCN(c1cccnc1CN)C(C)C. The zero-order valence-corrected chi connectivity index (χ0v) is 11.3. The average molecular weight is 235 g/mol. The van der Waals surface area contributed by atoms with E-state index in [4.69, 9.17) is 5.73 Å². The fraction of sp³-hybridized carbons (Fsp3) is 0.643. The summed E-state index contributed by atoms with van der Waals surface area (Å²) in [6.07, 6.45) is 5.58. The number of hydrogen-bond donors (Lipinski definition) is 1. The summed E-state index contributed by atoms with van der Waals surface area (Å²) in [4.78, 5) is 6.77. The zero-order valence-electron chi connectivity index (χ0n) is 11.3. The molecule has 0 aliphatic carbocycles. The number of unbranched alkanes of at least 4 members (excludes halogenated alkanes) is 2. The van der Waals surface area contributed by atoms with Crippen molar-refractivity contribution in [3.05, 3.63) is 24.0 Å². The van der Waals surface area contributed by atoms with E-state index in [1.54, 1.807) is 0 Å². The van der Waals surface area contributed by atoms with Crippen molar-refractivity contribution in [1.29, 1.82) is 0 Å². The molecule has 0 unspecified atom stereocenters. The molecule has 2 N–H and O–H groups in total. The molecule has 1 aromatic heterocycles. The maximum absolute atomic E-state index is 5.75. The molecule has 0 aliphatic rings. The van der Waals surface area contributed by atoms with Crippen LogP contribution in [0.15, 0.2) is 18.3 Å². The highest BCUT2D eigenvalue weighted by Gasteiger charge is 2.13. The molecule has 3 nitrogen and oxygen atoms in total. The van der Waals surface area contributed by atoms with Gasteiger partial charge in [-0.3, -0.25) is 4.98 Å². The van der Waals surface area contributed by atoms with Gasteiger partial charge < -0.3 is 10.6 Å². The molecule has 0 atom stereocenters. The summed E-state index contributed by atoms with van der Waals surface area (Å²) < 4.78 is 0. The Labute approximate surface area is 105 Å². The molecular weight excluding hydrogens is 210 g/mol. The van der Waals surface area contributed by atoms with Crippen LogP contribution in [0, 0.1) is 0 Å². The predicted octanol–water partition coefficient (Wildman–Crippen LogP) is 2.95. The Balaban J connectivity index is 2.81. The molecule has 0 amide bonds. The summed E-state index contributed by atoms with van der Waals surface area (Å²) in [5.41, 5.74) is 7.95. The second kappa shape index (κ2) is 7.28. The summed E-state index contributed by atoms with van der Waals surface area (Å²) in [7, 11) is 0. The van der Waals surface area contributed by atoms with Gasteiger partial charge in [-0.2, -0.15) is 0 Å². The molecule has 1 aromatic rings. The summed E-state index contributed by atoms with van der Waals surface area (Å²) in [6, 6.07) is 4.60. The van der Waals surface area contributed by atoms with Crippen LogP contribution in [-0.2, 0) is 6.54 Å². The normalized spacial score (nSPS) is 10.9. The molecule has 0 radical (unpaired) electrons. The van der Waals surface area contributed by atoms with Crippen molar-refractivity contribution >= 4 is 5.69 Å². The maximum Gasteiger partial charge on any atom is 0.0772 e. The number of nitrogens with zero attached hydrogens (tertiary/aromatic N) is 2. The van der Waals surface area contributed by atoms with E-state index in [1.807, 2.05) is 12.3 Å². The molecule has 0 bridgehead atoms. The van der Waals surface area contributed by atoms with Crippen molar-refractivity contribution in [3.8, 4) is 0 Å². The van der Waals surface area contributed by atoms with E-state index in [0.29, 0.717) is 12.6 Å². The Morgan fingerprint density at radius 1 is 1.35 bits per heavy atom. The first-order valence-corrected chi connectivity index (χ1v) is 6.61. The standard InChI is InChI=1S/C14H25N3/c1-4-5-6-10-17(12(2)3)14-8-7-9-16-13(14)11-15/h7-9,12H,4-6,10-11,15H2,1-3H3. The minimum atomic E-state index is 0.487. The largest absolute Gasteiger partial charge is 0.368 e. The summed E-state index contributed by atoms with van der Waals surface area (Å²) in [5.74, 6) is 0. The Morgan fingerprint density at radius 2 is 2.12 bits per heavy atom. The van der Waals surface area contributed by atoms with Crippen LogP contribution in [0.5, 0.6) is 0 Å². The van der Waals surface area contributed by atoms with Crippen LogP contribution in [0.2, 0.25) is 0 Å². The molecule has 1 rings (SSSR count). The lowest BCUT2D eigenvalue weighted by Gasteiger charge is -2.30. The van der Waals surface area contributed by atoms with E-state index in [9.17, 15) is 0 Å². The molecule has 96 valence electrons. The van der Waals surface area contributed by atoms with E-state index < -0.39 is 0 Å². The van der Waals surface area contributed by atoms with Crippen LogP contribution < -0.4 is 10.6 Å². The molecule has 0 fully saturated rings. The third-order valence-electron chi connectivity index (χ3n) is 2.99. The van der Waals surface area contributed by atoms with Gasteiger partial charge in [-0.15, -0.1) is 0 Å². The molecule has 0 spiro atoms. The van der Waals surface area contributed by atoms with E-state index >= 15 is 0 Å². The Kier molecular flexibility index (Phi) is 5.98. The number of nitrogens with two attached hydrogens (primary N) is 1. The topological polar surface area (TPSA) is 42.2 Å². The predicted molar refractivity (Wildman–Crippen MR) is 74.1 cm³/mol. The highest BCUT2D eigenvalue weighted by molar-refractivity contribution is 5.51. The monoisotopic (exact) mass is 235 g/mol. The van der Waals surface area contributed by atoms with Crippen LogP contribution in [0.25, 0.3) is 0 Å². The van der Waals surface area contributed by atoms with Crippen LogP contribution >= 0.6 is 0 Å². The van der Waals surface area contributed by atoms with Gasteiger partial charge in [-0.25, -0.2) is 0 Å². The molecule has 0 aromatic carbocycles. The van der Waals surface area contributed by atoms with Gasteiger partial charge in [0, 0.05) is 25.3 Å². The molecule has 3 heteroatoms. The van der Waals surface area contributed by atoms with E-state index in [2.05, 4.69) is 36.7 Å². The molecule has 1 heterocycles. The van der Waals surface area contributed by atoms with Gasteiger partial charge in [0.2, 0.25) is 0 Å². The van der Waals surface area contributed by atoms with Crippen molar-refractivity contribution in [1.82, 2.24) is 4.98 Å². The average Bonchev–Trinajstić information content (AvgIpc) is 2.34. The third kappa shape index (κ3) is 4.00. The lowest BCUT2D eigenvalue weighted by atomic mass is 10.1. The number of hydrogen-bond acceptors (Lipinski definition) is 3. The number of aromatic nitrogens is 1. The highest BCUT2D eigenvalue weighted by Crippen LogP contribution is 2.21. The summed E-state index contributed by atoms with van der Waals surface area (Å²) in [6.45, 7) is 8.27. The van der Waals surface area contributed by atoms with Crippen LogP contribution in [0.4, 0.5) is 5.69 Å². The molecule has 0 saturated heterocycles. The lowest BCUT2D eigenvalue weighted by molar-refractivity contribution is 0.622. The van der Waals surface area contributed by atoms with Gasteiger partial charge >= 0.3 is 0 Å². The van der Waals surface area contributed by atoms with Crippen molar-refractivity contribution < 1.29 is 0 Å². The van der Waals surface area contributed by atoms with Gasteiger partial charge in [0.05, 0.1) is 11.4 Å². The smallest absolute Gasteiger partial charge is 0.0772 e. The van der Waals surface area contributed by atoms with Crippen molar-refractivity contribution in [3.63, 3.8) is 0 Å². The molecule has 17 heavy (non-hydrogen) atoms. The van der Waals surface area contributed by atoms with Gasteiger partial charge in [0.1, 0.15) is 0 Å². The van der Waals surface area contributed by atoms with E-state index in [0.717, 1.165) is 12.2 Å². The molecular formula is C14H25N3. The maximum atomic E-state index is 5.75. The van der Waals surface area contributed by atoms with Gasteiger partial charge in [-0.05, 0) is 32.4 Å². The van der Waals surface area contributed by atoms with Crippen molar-refractivity contribution in [2.45, 2.75) is 52.6 Å². The molecule has 0 aliphatic heterocycles. The summed E-state index contributed by atoms with van der Waals surface area (Å²) >= 11 is 0. The zero-order chi connectivity index (χ0) is 12.7. The van der Waals surface area contributed by atoms with Crippen molar-refractivity contribution in [2.75, 3.05) is 11.4 Å². The quantitative estimate of drug-likeness (QED) is 0.739. The van der Waals surface area contributed by atoms with Crippen LogP contribution in [0.3, 0.4) is 0 Å². The first kappa shape index (κ1) is 14.0. The van der Waals surface area contributed by atoms with E-state index in [-0.39, 0.29) is 0 Å². The number of anilines is 1. The van der Waals surface area contributed by atoms with Gasteiger partial charge in [0.25, 0.3) is 0 Å². The third-order valence-corrected chi connectivity index (χ3v) is 2.99. The minimum absolute atomic E-state index is 0.487. The number of pyridine rings is 1. The Hall–Kier alpha value is -1.09. The fourth-order valence-corrected chi connectivity index (χ4v) is 2.04. The van der Waals surface area contributed by atoms with Gasteiger partial charge in [-0.1, -0.05) is 19.8 Å². The van der Waals surface area contributed by atoms with Gasteiger partial charge in [0.15, 0.2) is 0 Å². The Morgan fingerprint density at radius 3 is 2.71 bits per heavy atom. The first-order chi connectivity index (χ1) is 8.20. The van der Waals surface area contributed by atoms with Crippen LogP contribution in [0.1, 0.15) is 45.7 Å². The molecule has 0 saturated carbocycles. The minimum Gasteiger partial charge on any atom is -0.368 e. The first-order valence-electron chi connectivity index (χ1n) is 6.61. The second-order valence-corrected chi connectivity index (χ2v) is 4.67. The fourth-order valence-electron chi connectivity index (χ4n) is 2.04. The highest BCUT2D eigenvalue weighted by atomic mass is 15.2.